The quantitative estimate of drug-likeness (QED) is 0.607. The molecule has 148 valence electrons. The standard InChI is InChI=1S/C23H28N2O3/c1-5-12-25-13-11-23-16-9-7-8-10-18(16)24-19(23)15(21(26)28-4)14-17(20(23)25)22(3,27)6-2/h5-10,17,20,24,27H,1-2,11-14H2,3-4H3/t17-,20+,22?,23+/m1/s1. The van der Waals surface area contributed by atoms with E-state index in [0.717, 1.165) is 30.9 Å². The van der Waals surface area contributed by atoms with Gasteiger partial charge in [0.15, 0.2) is 0 Å². The fraction of sp³-hybridized carbons (Fsp3) is 0.435. The van der Waals surface area contributed by atoms with E-state index in [2.05, 4.69) is 35.5 Å². The lowest BCUT2D eigenvalue weighted by Crippen LogP contribution is -2.57. The molecule has 0 aromatic heterocycles. The summed E-state index contributed by atoms with van der Waals surface area (Å²) in [6.45, 7) is 11.2. The van der Waals surface area contributed by atoms with Crippen LogP contribution in [0, 0.1) is 5.92 Å². The molecule has 0 saturated carbocycles. The number of nitrogens with one attached hydrogen (secondary N) is 1. The third-order valence-corrected chi connectivity index (χ3v) is 6.87. The van der Waals surface area contributed by atoms with Gasteiger partial charge in [0.2, 0.25) is 0 Å². The Bertz CT molecular complexity index is 872. The normalized spacial score (nSPS) is 30.5. The predicted octanol–water partition coefficient (Wildman–Crippen LogP) is 2.99. The number of nitrogens with zero attached hydrogens (tertiary/aromatic N) is 1. The molecule has 2 N–H and O–H groups in total. The van der Waals surface area contributed by atoms with Crippen LogP contribution in [0.15, 0.2) is 60.8 Å². The average molecular weight is 380 g/mol. The van der Waals surface area contributed by atoms with Gasteiger partial charge < -0.3 is 15.2 Å². The van der Waals surface area contributed by atoms with Crippen molar-refractivity contribution in [1.82, 2.24) is 4.90 Å². The Balaban J connectivity index is 1.99. The highest BCUT2D eigenvalue weighted by Gasteiger charge is 2.63. The Morgan fingerprint density at radius 1 is 1.46 bits per heavy atom. The number of anilines is 1. The van der Waals surface area contributed by atoms with Crippen LogP contribution in [-0.4, -0.2) is 47.8 Å². The molecular weight excluding hydrogens is 352 g/mol. The van der Waals surface area contributed by atoms with Gasteiger partial charge in [-0.1, -0.05) is 30.4 Å². The van der Waals surface area contributed by atoms with E-state index in [4.69, 9.17) is 4.74 Å². The first-order chi connectivity index (χ1) is 13.4. The lowest BCUT2D eigenvalue weighted by molar-refractivity contribution is -0.137. The number of para-hydroxylation sites is 1. The van der Waals surface area contributed by atoms with Crippen molar-refractivity contribution in [3.63, 3.8) is 0 Å². The summed E-state index contributed by atoms with van der Waals surface area (Å²) < 4.78 is 5.14. The first kappa shape index (κ1) is 19.0. The Labute approximate surface area is 166 Å². The number of hydrogen-bond acceptors (Lipinski definition) is 5. The number of aliphatic hydroxyl groups is 1. The second-order valence-electron chi connectivity index (χ2n) is 8.21. The molecule has 5 nitrogen and oxygen atoms in total. The van der Waals surface area contributed by atoms with Crippen molar-refractivity contribution in [2.45, 2.75) is 36.8 Å². The highest BCUT2D eigenvalue weighted by Crippen LogP contribution is 2.60. The number of esters is 1. The summed E-state index contributed by atoms with van der Waals surface area (Å²) in [5, 5.41) is 14.8. The smallest absolute Gasteiger partial charge is 0.335 e. The van der Waals surface area contributed by atoms with Gasteiger partial charge in [0.1, 0.15) is 0 Å². The number of rotatable bonds is 5. The van der Waals surface area contributed by atoms with Crippen LogP contribution in [0.4, 0.5) is 5.69 Å². The molecule has 0 radical (unpaired) electrons. The number of likely N-dealkylation sites (tertiary alicyclic amines) is 1. The van der Waals surface area contributed by atoms with Crippen LogP contribution in [0.3, 0.4) is 0 Å². The number of benzene rings is 1. The first-order valence-electron chi connectivity index (χ1n) is 9.80. The maximum absolute atomic E-state index is 12.8. The van der Waals surface area contributed by atoms with Crippen LogP contribution in [-0.2, 0) is 14.9 Å². The molecular formula is C23H28N2O3. The fourth-order valence-electron chi connectivity index (χ4n) is 5.58. The molecule has 1 unspecified atom stereocenters. The van der Waals surface area contributed by atoms with Gasteiger partial charge >= 0.3 is 5.97 Å². The average Bonchev–Trinajstić information content (AvgIpc) is 3.24. The van der Waals surface area contributed by atoms with E-state index < -0.39 is 5.60 Å². The van der Waals surface area contributed by atoms with Gasteiger partial charge in [-0.3, -0.25) is 4.90 Å². The molecule has 1 fully saturated rings. The van der Waals surface area contributed by atoms with E-state index in [1.807, 2.05) is 18.2 Å². The van der Waals surface area contributed by atoms with Crippen molar-refractivity contribution in [2.24, 2.45) is 5.92 Å². The summed E-state index contributed by atoms with van der Waals surface area (Å²) in [7, 11) is 1.41. The molecule has 4 atom stereocenters. The van der Waals surface area contributed by atoms with Crippen LogP contribution in [0.1, 0.15) is 25.3 Å². The monoisotopic (exact) mass is 380 g/mol. The summed E-state index contributed by atoms with van der Waals surface area (Å²) in [5.41, 5.74) is 2.29. The Kier molecular flexibility index (Phi) is 4.47. The zero-order chi connectivity index (χ0) is 20.1. The van der Waals surface area contributed by atoms with Crippen molar-refractivity contribution in [3.05, 3.63) is 66.4 Å². The molecule has 1 aliphatic carbocycles. The second kappa shape index (κ2) is 6.61. The highest BCUT2D eigenvalue weighted by atomic mass is 16.5. The van der Waals surface area contributed by atoms with Gasteiger partial charge in [-0.25, -0.2) is 4.79 Å². The fourth-order valence-corrected chi connectivity index (χ4v) is 5.58. The zero-order valence-electron chi connectivity index (χ0n) is 16.6. The number of carbonyl (C=O) groups is 1. The van der Waals surface area contributed by atoms with E-state index in [9.17, 15) is 9.90 Å². The summed E-state index contributed by atoms with van der Waals surface area (Å²) in [5.74, 6) is -0.529. The van der Waals surface area contributed by atoms with Crippen molar-refractivity contribution < 1.29 is 14.6 Å². The molecule has 5 heteroatoms. The van der Waals surface area contributed by atoms with E-state index in [1.165, 1.54) is 12.7 Å². The molecule has 0 bridgehead atoms. The summed E-state index contributed by atoms with van der Waals surface area (Å²) in [4.78, 5) is 15.1. The van der Waals surface area contributed by atoms with E-state index in [-0.39, 0.29) is 23.3 Å². The van der Waals surface area contributed by atoms with Crippen molar-refractivity contribution in [3.8, 4) is 0 Å². The van der Waals surface area contributed by atoms with Crippen LogP contribution in [0.25, 0.3) is 0 Å². The third-order valence-electron chi connectivity index (χ3n) is 6.87. The maximum atomic E-state index is 12.8. The number of fused-ring (bicyclic) bond motifs is 1. The van der Waals surface area contributed by atoms with Gasteiger partial charge in [0.25, 0.3) is 0 Å². The number of hydrogen-bond donors (Lipinski definition) is 2. The first-order valence-corrected chi connectivity index (χ1v) is 9.80. The Morgan fingerprint density at radius 2 is 2.21 bits per heavy atom. The molecule has 1 aromatic rings. The van der Waals surface area contributed by atoms with Crippen LogP contribution in [0.5, 0.6) is 0 Å². The van der Waals surface area contributed by atoms with Crippen LogP contribution < -0.4 is 5.32 Å². The Hall–Kier alpha value is -2.37. The maximum Gasteiger partial charge on any atom is 0.335 e. The molecule has 1 spiro atoms. The third kappa shape index (κ3) is 2.43. The zero-order valence-corrected chi connectivity index (χ0v) is 16.6. The van der Waals surface area contributed by atoms with Gasteiger partial charge in [0.05, 0.1) is 23.7 Å². The molecule has 1 aromatic carbocycles. The largest absolute Gasteiger partial charge is 0.466 e. The minimum atomic E-state index is -1.12. The van der Waals surface area contributed by atoms with Crippen LogP contribution in [0.2, 0.25) is 0 Å². The topological polar surface area (TPSA) is 61.8 Å². The number of carbonyl (C=O) groups excluding carboxylic acids is 1. The molecule has 0 amide bonds. The van der Waals surface area contributed by atoms with Crippen molar-refractivity contribution in [2.75, 3.05) is 25.5 Å². The molecule has 3 aliphatic rings. The van der Waals surface area contributed by atoms with Gasteiger partial charge in [-0.05, 0) is 31.4 Å². The number of ether oxygens (including phenoxy) is 1. The second-order valence-corrected chi connectivity index (χ2v) is 8.21. The van der Waals surface area contributed by atoms with Gasteiger partial charge in [0, 0.05) is 36.4 Å². The van der Waals surface area contributed by atoms with Gasteiger partial charge in [-0.15, -0.1) is 13.2 Å². The highest BCUT2D eigenvalue weighted by molar-refractivity contribution is 5.93. The lowest BCUT2D eigenvalue weighted by Gasteiger charge is -2.49. The SMILES string of the molecule is C=CCN1CC[C@]23C(=C(C(=O)OC)C[C@@H](C(C)(O)C=C)[C@H]12)Nc1ccccc13. The van der Waals surface area contributed by atoms with E-state index >= 15 is 0 Å². The van der Waals surface area contributed by atoms with E-state index in [0.29, 0.717) is 12.0 Å². The molecule has 4 rings (SSSR count). The molecule has 1 saturated heterocycles. The summed E-state index contributed by atoms with van der Waals surface area (Å²) in [6, 6.07) is 8.26. The minimum Gasteiger partial charge on any atom is -0.466 e. The lowest BCUT2D eigenvalue weighted by atomic mass is 9.60. The van der Waals surface area contributed by atoms with Crippen molar-refractivity contribution >= 4 is 11.7 Å². The van der Waals surface area contributed by atoms with Crippen LogP contribution >= 0.6 is 0 Å². The Morgan fingerprint density at radius 3 is 2.89 bits per heavy atom. The molecule has 28 heavy (non-hydrogen) atoms. The van der Waals surface area contributed by atoms with Gasteiger partial charge in [-0.2, -0.15) is 0 Å². The van der Waals surface area contributed by atoms with Crippen molar-refractivity contribution in [1.29, 1.82) is 0 Å². The molecule has 2 heterocycles. The minimum absolute atomic E-state index is 0.0260. The summed E-state index contributed by atoms with van der Waals surface area (Å²) >= 11 is 0. The summed E-state index contributed by atoms with van der Waals surface area (Å²) in [6.07, 6.45) is 4.81. The van der Waals surface area contributed by atoms with E-state index in [1.54, 1.807) is 13.0 Å². The predicted molar refractivity (Wildman–Crippen MR) is 110 cm³/mol. The molecule has 2 aliphatic heterocycles. The number of methoxy groups -OCH3 is 1.